The summed E-state index contributed by atoms with van der Waals surface area (Å²) in [6, 6.07) is 18.4. The summed E-state index contributed by atoms with van der Waals surface area (Å²) in [5, 5.41) is 2.86. The van der Waals surface area contributed by atoms with Gasteiger partial charge in [0.15, 0.2) is 0 Å². The summed E-state index contributed by atoms with van der Waals surface area (Å²) in [6.07, 6.45) is 3.90. The topological polar surface area (TPSA) is 67.3 Å². The molecule has 0 unspecified atom stereocenters. The molecule has 1 fully saturated rings. The summed E-state index contributed by atoms with van der Waals surface area (Å²) >= 11 is 0. The molecule has 1 aliphatic heterocycles. The number of nitrogens with one attached hydrogen (secondary N) is 1. The van der Waals surface area contributed by atoms with Crippen LogP contribution in [0.2, 0.25) is 0 Å². The fraction of sp³-hybridized carbons (Fsp3) is 0.190. The minimum atomic E-state index is -0.255. The quantitative estimate of drug-likeness (QED) is 0.741. The number of para-hydroxylation sites is 1. The number of hydrogen-bond donors (Lipinski definition) is 1. The van der Waals surface area contributed by atoms with Crippen molar-refractivity contribution in [3.05, 3.63) is 72.6 Å². The molecular weight excluding hydrogens is 340 g/mol. The number of aromatic nitrogens is 2. The van der Waals surface area contributed by atoms with Gasteiger partial charge in [0, 0.05) is 25.0 Å². The third-order valence-corrected chi connectivity index (χ3v) is 4.36. The smallest absolute Gasteiger partial charge is 0.274 e. The Balaban J connectivity index is 1.41. The van der Waals surface area contributed by atoms with E-state index < -0.39 is 0 Å². The van der Waals surface area contributed by atoms with E-state index in [4.69, 9.17) is 4.74 Å². The first kappa shape index (κ1) is 17.0. The van der Waals surface area contributed by atoms with Gasteiger partial charge in [-0.1, -0.05) is 18.2 Å². The lowest BCUT2D eigenvalue weighted by Gasteiger charge is -2.15. The van der Waals surface area contributed by atoms with Gasteiger partial charge in [-0.15, -0.1) is 0 Å². The molecule has 3 aromatic rings. The van der Waals surface area contributed by atoms with E-state index in [1.54, 1.807) is 24.4 Å². The molecule has 1 aromatic heterocycles. The van der Waals surface area contributed by atoms with Crippen molar-refractivity contribution < 1.29 is 9.53 Å². The number of hydrogen-bond acceptors (Lipinski definition) is 5. The highest BCUT2D eigenvalue weighted by molar-refractivity contribution is 6.03. The molecule has 1 aliphatic rings. The van der Waals surface area contributed by atoms with E-state index in [-0.39, 0.29) is 5.91 Å². The third-order valence-electron chi connectivity index (χ3n) is 4.36. The number of anilines is 2. The number of carbonyl (C=O) groups is 1. The molecule has 0 bridgehead atoms. The van der Waals surface area contributed by atoms with Crippen molar-refractivity contribution in [3.63, 3.8) is 0 Å². The largest absolute Gasteiger partial charge is 0.457 e. The molecule has 6 heteroatoms. The Labute approximate surface area is 157 Å². The maximum Gasteiger partial charge on any atom is 0.274 e. The van der Waals surface area contributed by atoms with Gasteiger partial charge in [-0.2, -0.15) is 0 Å². The van der Waals surface area contributed by atoms with Crippen LogP contribution < -0.4 is 15.0 Å². The molecular formula is C21H20N4O2. The number of benzene rings is 2. The highest BCUT2D eigenvalue weighted by atomic mass is 16.5. The molecule has 0 saturated carbocycles. The van der Waals surface area contributed by atoms with Crippen molar-refractivity contribution in [2.45, 2.75) is 12.8 Å². The molecule has 1 amide bonds. The maximum absolute atomic E-state index is 12.5. The second-order valence-corrected chi connectivity index (χ2v) is 6.33. The SMILES string of the molecule is O=C(Nc1ccc(Oc2ccccc2)cc1)c1ccnc(N2CCCC2)n1. The predicted molar refractivity (Wildman–Crippen MR) is 104 cm³/mol. The minimum absolute atomic E-state index is 0.255. The Hall–Kier alpha value is -3.41. The Morgan fingerprint density at radius 3 is 2.37 bits per heavy atom. The van der Waals surface area contributed by atoms with Crippen LogP contribution in [-0.2, 0) is 0 Å². The van der Waals surface area contributed by atoms with Gasteiger partial charge in [0.2, 0.25) is 5.95 Å². The first-order chi connectivity index (χ1) is 13.3. The number of amides is 1. The third kappa shape index (κ3) is 4.23. The lowest BCUT2D eigenvalue weighted by molar-refractivity contribution is 0.102. The lowest BCUT2D eigenvalue weighted by atomic mass is 10.3. The summed E-state index contributed by atoms with van der Waals surface area (Å²) in [7, 11) is 0. The van der Waals surface area contributed by atoms with Crippen LogP contribution in [0.3, 0.4) is 0 Å². The van der Waals surface area contributed by atoms with Crippen LogP contribution in [0.4, 0.5) is 11.6 Å². The average molecular weight is 360 g/mol. The van der Waals surface area contributed by atoms with Gasteiger partial charge in [-0.25, -0.2) is 9.97 Å². The van der Waals surface area contributed by atoms with Crippen molar-refractivity contribution in [3.8, 4) is 11.5 Å². The first-order valence-corrected chi connectivity index (χ1v) is 9.00. The van der Waals surface area contributed by atoms with Crippen LogP contribution in [-0.4, -0.2) is 29.0 Å². The number of ether oxygens (including phenoxy) is 1. The Bertz CT molecular complexity index is 907. The fourth-order valence-corrected chi connectivity index (χ4v) is 2.97. The summed E-state index contributed by atoms with van der Waals surface area (Å²) in [5.74, 6) is 1.84. The van der Waals surface area contributed by atoms with Gasteiger partial charge in [-0.3, -0.25) is 4.79 Å². The lowest BCUT2D eigenvalue weighted by Crippen LogP contribution is -2.22. The van der Waals surface area contributed by atoms with Crippen molar-refractivity contribution >= 4 is 17.5 Å². The molecule has 2 aromatic carbocycles. The Morgan fingerprint density at radius 1 is 0.926 bits per heavy atom. The van der Waals surface area contributed by atoms with E-state index in [1.165, 1.54) is 0 Å². The van der Waals surface area contributed by atoms with E-state index in [0.717, 1.165) is 31.7 Å². The number of nitrogens with zero attached hydrogens (tertiary/aromatic N) is 3. The number of carbonyl (C=O) groups excluding carboxylic acids is 1. The standard InChI is InChI=1S/C21H20N4O2/c26-20(19-12-13-22-21(24-19)25-14-4-5-15-25)23-16-8-10-18(11-9-16)27-17-6-2-1-3-7-17/h1-3,6-13H,4-5,14-15H2,(H,23,26). The van der Waals surface area contributed by atoms with Crippen molar-refractivity contribution in [1.82, 2.24) is 9.97 Å². The second kappa shape index (κ2) is 7.86. The zero-order valence-corrected chi connectivity index (χ0v) is 14.8. The molecule has 4 rings (SSSR count). The van der Waals surface area contributed by atoms with Gasteiger partial charge in [0.05, 0.1) is 0 Å². The highest BCUT2D eigenvalue weighted by Crippen LogP contribution is 2.23. The second-order valence-electron chi connectivity index (χ2n) is 6.33. The molecule has 2 heterocycles. The normalized spacial score (nSPS) is 13.4. The zero-order chi connectivity index (χ0) is 18.5. The van der Waals surface area contributed by atoms with Gasteiger partial charge < -0.3 is 15.0 Å². The monoisotopic (exact) mass is 360 g/mol. The van der Waals surface area contributed by atoms with Crippen molar-refractivity contribution in [2.75, 3.05) is 23.3 Å². The number of rotatable bonds is 5. The highest BCUT2D eigenvalue weighted by Gasteiger charge is 2.17. The molecule has 136 valence electrons. The summed E-state index contributed by atoms with van der Waals surface area (Å²) < 4.78 is 5.76. The summed E-state index contributed by atoms with van der Waals surface area (Å²) in [5.41, 5.74) is 1.04. The van der Waals surface area contributed by atoms with Crippen LogP contribution in [0.1, 0.15) is 23.3 Å². The van der Waals surface area contributed by atoms with Crippen molar-refractivity contribution in [2.24, 2.45) is 0 Å². The Morgan fingerprint density at radius 2 is 1.63 bits per heavy atom. The van der Waals surface area contributed by atoms with Crippen LogP contribution >= 0.6 is 0 Å². The van der Waals surface area contributed by atoms with Crippen LogP contribution in [0, 0.1) is 0 Å². The minimum Gasteiger partial charge on any atom is -0.457 e. The van der Waals surface area contributed by atoms with E-state index in [0.29, 0.717) is 23.1 Å². The van der Waals surface area contributed by atoms with Crippen molar-refractivity contribution in [1.29, 1.82) is 0 Å². The van der Waals surface area contributed by atoms with Gasteiger partial charge in [-0.05, 0) is 55.3 Å². The summed E-state index contributed by atoms with van der Waals surface area (Å²) in [4.78, 5) is 23.3. The average Bonchev–Trinajstić information content (AvgIpc) is 3.25. The molecule has 6 nitrogen and oxygen atoms in total. The molecule has 0 spiro atoms. The van der Waals surface area contributed by atoms with E-state index in [2.05, 4.69) is 20.2 Å². The zero-order valence-electron chi connectivity index (χ0n) is 14.8. The van der Waals surface area contributed by atoms with E-state index in [1.807, 2.05) is 42.5 Å². The van der Waals surface area contributed by atoms with Crippen LogP contribution in [0.15, 0.2) is 66.9 Å². The molecule has 0 radical (unpaired) electrons. The molecule has 0 aliphatic carbocycles. The Kier molecular flexibility index (Phi) is 4.96. The van der Waals surface area contributed by atoms with Gasteiger partial charge in [0.25, 0.3) is 5.91 Å². The van der Waals surface area contributed by atoms with Crippen LogP contribution in [0.25, 0.3) is 0 Å². The molecule has 0 atom stereocenters. The maximum atomic E-state index is 12.5. The van der Waals surface area contributed by atoms with E-state index >= 15 is 0 Å². The van der Waals surface area contributed by atoms with E-state index in [9.17, 15) is 4.79 Å². The van der Waals surface area contributed by atoms with Crippen LogP contribution in [0.5, 0.6) is 11.5 Å². The predicted octanol–water partition coefficient (Wildman–Crippen LogP) is 4.12. The summed E-state index contributed by atoms with van der Waals surface area (Å²) in [6.45, 7) is 1.88. The first-order valence-electron chi connectivity index (χ1n) is 9.00. The molecule has 1 saturated heterocycles. The molecule has 1 N–H and O–H groups in total. The van der Waals surface area contributed by atoms with Gasteiger partial charge >= 0.3 is 0 Å². The van der Waals surface area contributed by atoms with Gasteiger partial charge in [0.1, 0.15) is 17.2 Å². The molecule has 27 heavy (non-hydrogen) atoms. The fourth-order valence-electron chi connectivity index (χ4n) is 2.97.